The summed E-state index contributed by atoms with van der Waals surface area (Å²) in [5, 5.41) is 2.63. The van der Waals surface area contributed by atoms with Crippen LogP contribution in [0.3, 0.4) is 0 Å². The summed E-state index contributed by atoms with van der Waals surface area (Å²) in [6.07, 6.45) is -0.420. The summed E-state index contributed by atoms with van der Waals surface area (Å²) in [5.41, 5.74) is 0.189. The zero-order chi connectivity index (χ0) is 11.7. The second-order valence-corrected chi connectivity index (χ2v) is 5.16. The molecule has 1 atom stereocenters. The smallest absolute Gasteiger partial charge is 0.406 e. The summed E-state index contributed by atoms with van der Waals surface area (Å²) in [7, 11) is 0.0461. The quantitative estimate of drug-likeness (QED) is 0.674. The fraction of sp³-hybridized carbons (Fsp3) is 0.889. The highest BCUT2D eigenvalue weighted by atomic mass is 28.3. The molecule has 0 aromatic carbocycles. The number of amides is 1. The third-order valence-corrected chi connectivity index (χ3v) is 3.87. The summed E-state index contributed by atoms with van der Waals surface area (Å²) in [6.45, 7) is 7.65. The predicted molar refractivity (Wildman–Crippen MR) is 58.8 cm³/mol. The maximum Gasteiger partial charge on any atom is 0.406 e. The molecule has 0 fully saturated rings. The molecular formula is C9H20NO4Si. The maximum absolute atomic E-state index is 10.9. The van der Waals surface area contributed by atoms with Crippen molar-refractivity contribution in [1.29, 1.82) is 0 Å². The first-order valence-corrected chi connectivity index (χ1v) is 6.49. The van der Waals surface area contributed by atoms with Crippen LogP contribution in [0.1, 0.15) is 20.8 Å². The molecule has 0 spiro atoms. The first-order valence-electron chi connectivity index (χ1n) is 5.09. The Labute approximate surface area is 92.9 Å². The van der Waals surface area contributed by atoms with Crippen LogP contribution in [0.5, 0.6) is 0 Å². The molecule has 6 heteroatoms. The van der Waals surface area contributed by atoms with Gasteiger partial charge in [-0.15, -0.1) is 0 Å². The van der Waals surface area contributed by atoms with Crippen molar-refractivity contribution >= 4 is 15.4 Å². The molecule has 1 unspecified atom stereocenters. The first-order chi connectivity index (χ1) is 7.15. The highest BCUT2D eigenvalue weighted by Gasteiger charge is 2.24. The summed E-state index contributed by atoms with van der Waals surface area (Å²) < 4.78 is 15.5. The number of carbonyl (C=O) groups excluding carboxylic acids is 1. The molecule has 0 saturated heterocycles. The summed E-state index contributed by atoms with van der Waals surface area (Å²) in [4.78, 5) is 10.9. The molecule has 0 aliphatic rings. The van der Waals surface area contributed by atoms with E-state index in [-0.39, 0.29) is 5.54 Å². The molecule has 1 radical (unpaired) electrons. The van der Waals surface area contributed by atoms with Crippen molar-refractivity contribution in [1.82, 2.24) is 5.32 Å². The van der Waals surface area contributed by atoms with Crippen LogP contribution in [0.25, 0.3) is 0 Å². The second kappa shape index (κ2) is 8.69. The van der Waals surface area contributed by atoms with Crippen molar-refractivity contribution in [2.45, 2.75) is 26.3 Å². The van der Waals surface area contributed by atoms with E-state index in [0.29, 0.717) is 19.8 Å². The Morgan fingerprint density at radius 2 is 1.87 bits per heavy atom. The van der Waals surface area contributed by atoms with Crippen LogP contribution in [0.2, 0.25) is 5.54 Å². The fourth-order valence-electron chi connectivity index (χ4n) is 1.00. The van der Waals surface area contributed by atoms with Crippen LogP contribution in [0.15, 0.2) is 0 Å². The summed E-state index contributed by atoms with van der Waals surface area (Å²) in [5.74, 6) is 0. The van der Waals surface area contributed by atoms with Crippen molar-refractivity contribution < 1.29 is 18.4 Å². The minimum absolute atomic E-state index is 0.189. The molecule has 0 rings (SSSR count). The van der Waals surface area contributed by atoms with E-state index in [1.54, 1.807) is 0 Å². The third kappa shape index (κ3) is 6.48. The average molecular weight is 234 g/mol. The van der Waals surface area contributed by atoms with Crippen LogP contribution in [0, 0.1) is 0 Å². The van der Waals surface area contributed by atoms with Crippen LogP contribution in [-0.2, 0) is 13.6 Å². The molecule has 0 aliphatic heterocycles. The van der Waals surface area contributed by atoms with Gasteiger partial charge in [-0.25, -0.2) is 4.79 Å². The number of methoxy groups -OCH3 is 1. The summed E-state index contributed by atoms with van der Waals surface area (Å²) >= 11 is 0. The maximum atomic E-state index is 10.9. The van der Waals surface area contributed by atoms with Gasteiger partial charge in [-0.1, -0.05) is 6.92 Å². The van der Waals surface area contributed by atoms with Gasteiger partial charge >= 0.3 is 15.4 Å². The Kier molecular flexibility index (Phi) is 8.35. The Balaban J connectivity index is 3.89. The lowest BCUT2D eigenvalue weighted by atomic mass is 10.5. The SMILES string of the molecule is CCO[Si](OCC)C(C)CNC(=O)OC. The van der Waals surface area contributed by atoms with Crippen LogP contribution in [0.4, 0.5) is 4.79 Å². The third-order valence-electron chi connectivity index (χ3n) is 1.71. The minimum atomic E-state index is -1.30. The molecule has 0 saturated carbocycles. The van der Waals surface area contributed by atoms with E-state index in [0.717, 1.165) is 0 Å². The number of hydrogen-bond acceptors (Lipinski definition) is 4. The van der Waals surface area contributed by atoms with E-state index in [1.165, 1.54) is 7.11 Å². The highest BCUT2D eigenvalue weighted by molar-refractivity contribution is 6.46. The predicted octanol–water partition coefficient (Wildman–Crippen LogP) is 1.29. The van der Waals surface area contributed by atoms with Gasteiger partial charge in [0.15, 0.2) is 0 Å². The Morgan fingerprint density at radius 1 is 1.33 bits per heavy atom. The van der Waals surface area contributed by atoms with Crippen molar-refractivity contribution in [2.75, 3.05) is 26.9 Å². The van der Waals surface area contributed by atoms with Gasteiger partial charge < -0.3 is 18.9 Å². The molecule has 0 bridgehead atoms. The standard InChI is InChI=1S/C9H20NO4Si/c1-5-13-15(14-6-2)8(3)7-10-9(11)12-4/h8H,5-7H2,1-4H3,(H,10,11). The fourth-order valence-corrected chi connectivity index (χ4v) is 2.49. The van der Waals surface area contributed by atoms with Gasteiger partial charge in [0.05, 0.1) is 7.11 Å². The van der Waals surface area contributed by atoms with Gasteiger partial charge in [-0.2, -0.15) is 0 Å². The van der Waals surface area contributed by atoms with Gasteiger partial charge in [0, 0.05) is 25.3 Å². The van der Waals surface area contributed by atoms with Crippen LogP contribution < -0.4 is 5.32 Å². The van der Waals surface area contributed by atoms with Crippen molar-refractivity contribution in [3.05, 3.63) is 0 Å². The van der Waals surface area contributed by atoms with Gasteiger partial charge in [0.2, 0.25) is 0 Å². The first kappa shape index (κ1) is 14.4. The molecule has 0 heterocycles. The Bertz CT molecular complexity index is 173. The van der Waals surface area contributed by atoms with E-state index in [9.17, 15) is 4.79 Å². The summed E-state index contributed by atoms with van der Waals surface area (Å²) in [6, 6.07) is 0. The molecular weight excluding hydrogens is 214 g/mol. The number of carbonyl (C=O) groups is 1. The highest BCUT2D eigenvalue weighted by Crippen LogP contribution is 2.10. The van der Waals surface area contributed by atoms with E-state index in [4.69, 9.17) is 8.85 Å². The largest absolute Gasteiger partial charge is 0.453 e. The zero-order valence-electron chi connectivity index (χ0n) is 9.83. The molecule has 0 aromatic heterocycles. The average Bonchev–Trinajstić information content (AvgIpc) is 2.25. The normalized spacial score (nSPS) is 12.6. The molecule has 5 nitrogen and oxygen atoms in total. The Hall–Kier alpha value is -0.593. The number of rotatable bonds is 7. The number of hydrogen-bond donors (Lipinski definition) is 1. The van der Waals surface area contributed by atoms with E-state index >= 15 is 0 Å². The number of nitrogens with one attached hydrogen (secondary N) is 1. The van der Waals surface area contributed by atoms with Crippen LogP contribution in [-0.4, -0.2) is 42.2 Å². The van der Waals surface area contributed by atoms with Gasteiger partial charge in [-0.05, 0) is 13.8 Å². The van der Waals surface area contributed by atoms with Crippen molar-refractivity contribution in [2.24, 2.45) is 0 Å². The minimum Gasteiger partial charge on any atom is -0.453 e. The molecule has 0 aromatic rings. The van der Waals surface area contributed by atoms with Crippen molar-refractivity contribution in [3.8, 4) is 0 Å². The van der Waals surface area contributed by atoms with E-state index < -0.39 is 15.4 Å². The van der Waals surface area contributed by atoms with Gasteiger partial charge in [0.25, 0.3) is 0 Å². The number of ether oxygens (including phenoxy) is 1. The van der Waals surface area contributed by atoms with E-state index in [2.05, 4.69) is 10.1 Å². The second-order valence-electron chi connectivity index (χ2n) is 2.96. The van der Waals surface area contributed by atoms with Gasteiger partial charge in [-0.3, -0.25) is 0 Å². The topological polar surface area (TPSA) is 56.8 Å². The molecule has 0 aliphatic carbocycles. The molecule has 89 valence electrons. The monoisotopic (exact) mass is 234 g/mol. The van der Waals surface area contributed by atoms with Gasteiger partial charge in [0.1, 0.15) is 0 Å². The Morgan fingerprint density at radius 3 is 2.27 bits per heavy atom. The van der Waals surface area contributed by atoms with E-state index in [1.807, 2.05) is 20.8 Å². The molecule has 1 amide bonds. The van der Waals surface area contributed by atoms with Crippen LogP contribution >= 0.6 is 0 Å². The zero-order valence-corrected chi connectivity index (χ0v) is 10.8. The lowest BCUT2D eigenvalue weighted by molar-refractivity contribution is 0.169. The lowest BCUT2D eigenvalue weighted by Crippen LogP contribution is -2.36. The lowest BCUT2D eigenvalue weighted by Gasteiger charge is -2.19. The number of alkyl carbamates (subject to hydrolysis) is 1. The van der Waals surface area contributed by atoms with Crippen molar-refractivity contribution in [3.63, 3.8) is 0 Å². The molecule has 1 N–H and O–H groups in total. The molecule has 15 heavy (non-hydrogen) atoms.